The monoisotopic (exact) mass is 242 g/mol. The van der Waals surface area contributed by atoms with Gasteiger partial charge < -0.3 is 4.90 Å². The molecule has 0 aliphatic carbocycles. The highest BCUT2D eigenvalue weighted by molar-refractivity contribution is 7.14. The fraction of sp³-hybridized carbons (Fsp3) is 0.100. The summed E-state index contributed by atoms with van der Waals surface area (Å²) in [5, 5.41) is 2.94. The van der Waals surface area contributed by atoms with E-state index in [1.807, 2.05) is 13.1 Å². The number of anilines is 2. The first-order chi connectivity index (χ1) is 7.16. The van der Waals surface area contributed by atoms with Gasteiger partial charge in [-0.05, 0) is 18.2 Å². The standard InChI is InChI=1S/C10H8ClFN2S/c1-14(10-13-9(11)6-15-10)8-4-2-3-7(12)5-8/h2-6H,1H3. The molecule has 5 heteroatoms. The van der Waals surface area contributed by atoms with Gasteiger partial charge in [-0.1, -0.05) is 17.7 Å². The van der Waals surface area contributed by atoms with Crippen LogP contribution in [0.5, 0.6) is 0 Å². The fourth-order valence-electron chi connectivity index (χ4n) is 1.19. The maximum absolute atomic E-state index is 13.0. The van der Waals surface area contributed by atoms with Gasteiger partial charge in [-0.15, -0.1) is 11.3 Å². The molecule has 0 saturated heterocycles. The summed E-state index contributed by atoms with van der Waals surface area (Å²) in [6.07, 6.45) is 0. The van der Waals surface area contributed by atoms with Gasteiger partial charge in [-0.3, -0.25) is 0 Å². The Kier molecular flexibility index (Phi) is 2.88. The zero-order valence-corrected chi connectivity index (χ0v) is 9.52. The first-order valence-corrected chi connectivity index (χ1v) is 5.53. The van der Waals surface area contributed by atoms with Gasteiger partial charge in [0.25, 0.3) is 0 Å². The van der Waals surface area contributed by atoms with E-state index < -0.39 is 0 Å². The highest BCUT2D eigenvalue weighted by Gasteiger charge is 2.08. The molecule has 78 valence electrons. The zero-order chi connectivity index (χ0) is 10.8. The Hall–Kier alpha value is -1.13. The molecule has 1 aromatic heterocycles. The van der Waals surface area contributed by atoms with E-state index in [9.17, 15) is 4.39 Å². The first-order valence-electron chi connectivity index (χ1n) is 4.27. The second-order valence-electron chi connectivity index (χ2n) is 2.99. The molecule has 0 atom stereocenters. The molecule has 0 spiro atoms. The van der Waals surface area contributed by atoms with Crippen LogP contribution in [-0.2, 0) is 0 Å². The second kappa shape index (κ2) is 4.16. The maximum Gasteiger partial charge on any atom is 0.191 e. The van der Waals surface area contributed by atoms with Crippen LogP contribution in [0.4, 0.5) is 15.2 Å². The normalized spacial score (nSPS) is 10.3. The van der Waals surface area contributed by atoms with Crippen LogP contribution < -0.4 is 4.90 Å². The number of hydrogen-bond acceptors (Lipinski definition) is 3. The van der Waals surface area contributed by atoms with Crippen LogP contribution in [-0.4, -0.2) is 12.0 Å². The maximum atomic E-state index is 13.0. The molecular weight excluding hydrogens is 235 g/mol. The molecule has 0 aliphatic rings. The smallest absolute Gasteiger partial charge is 0.191 e. The molecule has 1 heterocycles. The predicted octanol–water partition coefficient (Wildman–Crippen LogP) is 3.70. The van der Waals surface area contributed by atoms with E-state index in [-0.39, 0.29) is 5.82 Å². The lowest BCUT2D eigenvalue weighted by Crippen LogP contribution is -2.08. The van der Waals surface area contributed by atoms with Gasteiger partial charge >= 0.3 is 0 Å². The topological polar surface area (TPSA) is 16.1 Å². The van der Waals surface area contributed by atoms with Crippen LogP contribution in [0.1, 0.15) is 0 Å². The summed E-state index contributed by atoms with van der Waals surface area (Å²) in [6, 6.07) is 6.34. The first kappa shape index (κ1) is 10.4. The van der Waals surface area contributed by atoms with Gasteiger partial charge in [0, 0.05) is 18.1 Å². The number of nitrogens with zero attached hydrogens (tertiary/aromatic N) is 2. The van der Waals surface area contributed by atoms with Gasteiger partial charge in [0.2, 0.25) is 0 Å². The summed E-state index contributed by atoms with van der Waals surface area (Å²) in [4.78, 5) is 5.90. The second-order valence-corrected chi connectivity index (χ2v) is 4.22. The van der Waals surface area contributed by atoms with Gasteiger partial charge in [0.15, 0.2) is 5.13 Å². The Bertz CT molecular complexity index is 472. The molecule has 0 fully saturated rings. The van der Waals surface area contributed by atoms with Gasteiger partial charge in [0.05, 0.1) is 0 Å². The number of halogens is 2. The number of benzene rings is 1. The molecule has 0 N–H and O–H groups in total. The van der Waals surface area contributed by atoms with Crippen molar-refractivity contribution in [2.45, 2.75) is 0 Å². The quantitative estimate of drug-likeness (QED) is 0.798. The van der Waals surface area contributed by atoms with E-state index in [4.69, 9.17) is 11.6 Å². The molecule has 1 aromatic carbocycles. The van der Waals surface area contributed by atoms with Crippen LogP contribution in [0.15, 0.2) is 29.6 Å². The third-order valence-corrected chi connectivity index (χ3v) is 3.19. The van der Waals surface area contributed by atoms with Crippen molar-refractivity contribution >= 4 is 33.8 Å². The SMILES string of the molecule is CN(c1cccc(F)c1)c1nc(Cl)cs1. The number of rotatable bonds is 2. The minimum Gasteiger partial charge on any atom is -0.321 e. The minimum absolute atomic E-state index is 0.262. The van der Waals surface area contributed by atoms with Crippen molar-refractivity contribution in [1.29, 1.82) is 0 Å². The summed E-state index contributed by atoms with van der Waals surface area (Å²) in [6.45, 7) is 0. The van der Waals surface area contributed by atoms with Crippen LogP contribution in [0, 0.1) is 5.82 Å². The summed E-state index contributed by atoms with van der Waals surface area (Å²) < 4.78 is 13.0. The van der Waals surface area contributed by atoms with E-state index in [2.05, 4.69) is 4.98 Å². The zero-order valence-electron chi connectivity index (χ0n) is 7.95. The van der Waals surface area contributed by atoms with Crippen molar-refractivity contribution < 1.29 is 4.39 Å². The Labute approximate surface area is 95.9 Å². The third kappa shape index (κ3) is 2.27. The molecular formula is C10H8ClFN2S. The van der Waals surface area contributed by atoms with Crippen molar-refractivity contribution in [2.75, 3.05) is 11.9 Å². The Morgan fingerprint density at radius 2 is 2.27 bits per heavy atom. The summed E-state index contributed by atoms with van der Waals surface area (Å²) >= 11 is 7.14. The average Bonchev–Trinajstić information content (AvgIpc) is 2.64. The molecule has 0 bridgehead atoms. The molecule has 0 amide bonds. The van der Waals surface area contributed by atoms with Crippen molar-refractivity contribution in [1.82, 2.24) is 4.98 Å². The van der Waals surface area contributed by atoms with Crippen molar-refractivity contribution in [3.8, 4) is 0 Å². The summed E-state index contributed by atoms with van der Waals surface area (Å²) in [5.41, 5.74) is 0.751. The summed E-state index contributed by atoms with van der Waals surface area (Å²) in [7, 11) is 1.82. The molecule has 15 heavy (non-hydrogen) atoms. The average molecular weight is 243 g/mol. The molecule has 2 aromatic rings. The Balaban J connectivity index is 2.32. The van der Waals surface area contributed by atoms with Crippen molar-refractivity contribution in [3.05, 3.63) is 40.6 Å². The van der Waals surface area contributed by atoms with E-state index in [0.29, 0.717) is 5.15 Å². The molecule has 2 nitrogen and oxygen atoms in total. The van der Waals surface area contributed by atoms with Crippen molar-refractivity contribution in [3.63, 3.8) is 0 Å². The Morgan fingerprint density at radius 1 is 1.47 bits per heavy atom. The molecule has 0 radical (unpaired) electrons. The van der Waals surface area contributed by atoms with Gasteiger partial charge in [0.1, 0.15) is 11.0 Å². The summed E-state index contributed by atoms with van der Waals surface area (Å²) in [5.74, 6) is -0.262. The van der Waals surface area contributed by atoms with E-state index >= 15 is 0 Å². The third-order valence-electron chi connectivity index (χ3n) is 1.95. The van der Waals surface area contributed by atoms with Crippen LogP contribution in [0.2, 0.25) is 5.15 Å². The van der Waals surface area contributed by atoms with Crippen LogP contribution in [0.3, 0.4) is 0 Å². The highest BCUT2D eigenvalue weighted by atomic mass is 35.5. The number of aromatic nitrogens is 1. The van der Waals surface area contributed by atoms with Crippen LogP contribution >= 0.6 is 22.9 Å². The van der Waals surface area contributed by atoms with E-state index in [1.54, 1.807) is 16.3 Å². The largest absolute Gasteiger partial charge is 0.321 e. The fourth-order valence-corrected chi connectivity index (χ4v) is 2.13. The lowest BCUT2D eigenvalue weighted by Gasteiger charge is -2.15. The van der Waals surface area contributed by atoms with E-state index in [0.717, 1.165) is 10.8 Å². The van der Waals surface area contributed by atoms with Crippen molar-refractivity contribution in [2.24, 2.45) is 0 Å². The Morgan fingerprint density at radius 3 is 2.87 bits per heavy atom. The number of hydrogen-bond donors (Lipinski definition) is 0. The highest BCUT2D eigenvalue weighted by Crippen LogP contribution is 2.28. The molecule has 0 saturated carbocycles. The van der Waals surface area contributed by atoms with Gasteiger partial charge in [-0.2, -0.15) is 0 Å². The van der Waals surface area contributed by atoms with Gasteiger partial charge in [-0.25, -0.2) is 9.37 Å². The molecule has 2 rings (SSSR count). The number of thiazole rings is 1. The van der Waals surface area contributed by atoms with Crippen LogP contribution in [0.25, 0.3) is 0 Å². The lowest BCUT2D eigenvalue weighted by molar-refractivity contribution is 0.628. The predicted molar refractivity (Wildman–Crippen MR) is 61.6 cm³/mol. The minimum atomic E-state index is -0.262. The van der Waals surface area contributed by atoms with E-state index in [1.165, 1.54) is 23.5 Å². The lowest BCUT2D eigenvalue weighted by atomic mass is 10.3. The molecule has 0 unspecified atom stereocenters. The molecule has 0 aliphatic heterocycles.